The van der Waals surface area contributed by atoms with E-state index in [9.17, 15) is 4.79 Å². The highest BCUT2D eigenvalue weighted by Gasteiger charge is 2.18. The Morgan fingerprint density at radius 1 is 1.33 bits per heavy atom. The summed E-state index contributed by atoms with van der Waals surface area (Å²) in [5.41, 5.74) is 0.540. The topological polar surface area (TPSA) is 45.2 Å². The Morgan fingerprint density at radius 3 is 2.83 bits per heavy atom. The quantitative estimate of drug-likeness (QED) is 0.863. The third-order valence-corrected chi connectivity index (χ3v) is 2.93. The van der Waals surface area contributed by atoms with Crippen LogP contribution in [0, 0.1) is 0 Å². The number of nitrogens with one attached hydrogen (secondary N) is 1. The van der Waals surface area contributed by atoms with E-state index in [-0.39, 0.29) is 30.7 Å². The molecule has 1 N–H and O–H groups in total. The van der Waals surface area contributed by atoms with E-state index in [1.807, 2.05) is 4.90 Å². The highest BCUT2D eigenvalue weighted by Crippen LogP contribution is 2.16. The fraction of sp³-hybridized carbons (Fsp3) is 0.455. The molecule has 1 aromatic heterocycles. The lowest BCUT2D eigenvalue weighted by atomic mass is 10.2. The molecule has 102 valence electrons. The second-order valence-corrected chi connectivity index (χ2v) is 4.16. The molecule has 18 heavy (non-hydrogen) atoms. The second kappa shape index (κ2) is 8.53. The van der Waals surface area contributed by atoms with E-state index in [0.29, 0.717) is 10.6 Å². The van der Waals surface area contributed by atoms with Crippen molar-refractivity contribution < 1.29 is 4.79 Å². The van der Waals surface area contributed by atoms with Gasteiger partial charge in [0.15, 0.2) is 0 Å². The van der Waals surface area contributed by atoms with Gasteiger partial charge in [-0.1, -0.05) is 11.6 Å². The summed E-state index contributed by atoms with van der Waals surface area (Å²) < 4.78 is 0. The van der Waals surface area contributed by atoms with Crippen LogP contribution >= 0.6 is 36.4 Å². The summed E-state index contributed by atoms with van der Waals surface area (Å²) >= 11 is 5.95. The van der Waals surface area contributed by atoms with Crippen molar-refractivity contribution in [1.29, 1.82) is 0 Å². The molecule has 2 heterocycles. The van der Waals surface area contributed by atoms with Gasteiger partial charge in [-0.25, -0.2) is 0 Å². The van der Waals surface area contributed by atoms with Crippen LogP contribution in [0.4, 0.5) is 0 Å². The lowest BCUT2D eigenvalue weighted by Crippen LogP contribution is -2.34. The van der Waals surface area contributed by atoms with Crippen LogP contribution in [-0.4, -0.2) is 42.0 Å². The fourth-order valence-electron chi connectivity index (χ4n) is 1.77. The van der Waals surface area contributed by atoms with E-state index < -0.39 is 0 Å². The molecule has 1 saturated heterocycles. The van der Waals surface area contributed by atoms with E-state index in [1.165, 1.54) is 6.20 Å². The molecule has 0 radical (unpaired) electrons. The maximum Gasteiger partial charge on any atom is 0.255 e. The molecule has 0 unspecified atom stereocenters. The van der Waals surface area contributed by atoms with Gasteiger partial charge in [0, 0.05) is 32.0 Å². The first-order valence-electron chi connectivity index (χ1n) is 5.38. The lowest BCUT2D eigenvalue weighted by Gasteiger charge is -2.20. The summed E-state index contributed by atoms with van der Waals surface area (Å²) in [6.07, 6.45) is 4.08. The van der Waals surface area contributed by atoms with Crippen molar-refractivity contribution in [3.05, 3.63) is 29.0 Å². The first kappa shape index (κ1) is 17.4. The van der Waals surface area contributed by atoms with Gasteiger partial charge < -0.3 is 10.2 Å². The van der Waals surface area contributed by atoms with Crippen molar-refractivity contribution in [2.75, 3.05) is 26.2 Å². The van der Waals surface area contributed by atoms with Crippen molar-refractivity contribution in [2.24, 2.45) is 0 Å². The Kier molecular flexibility index (Phi) is 8.27. The molecule has 0 atom stereocenters. The molecule has 4 nitrogen and oxygen atoms in total. The first-order valence-corrected chi connectivity index (χ1v) is 5.76. The molecule has 2 rings (SSSR count). The average Bonchev–Trinajstić information content (AvgIpc) is 2.57. The largest absolute Gasteiger partial charge is 0.337 e. The highest BCUT2D eigenvalue weighted by atomic mass is 35.5. The van der Waals surface area contributed by atoms with Crippen LogP contribution in [0.2, 0.25) is 5.02 Å². The average molecular weight is 313 g/mol. The van der Waals surface area contributed by atoms with Crippen LogP contribution < -0.4 is 5.32 Å². The Morgan fingerprint density at radius 2 is 2.11 bits per heavy atom. The zero-order valence-electron chi connectivity index (χ0n) is 9.76. The zero-order chi connectivity index (χ0) is 11.4. The molecule has 1 aliphatic rings. The Labute approximate surface area is 124 Å². The number of hydrogen-bond acceptors (Lipinski definition) is 3. The van der Waals surface area contributed by atoms with Crippen LogP contribution in [-0.2, 0) is 0 Å². The molecule has 0 saturated carbocycles. The minimum atomic E-state index is -0.00361. The van der Waals surface area contributed by atoms with Gasteiger partial charge in [-0.2, -0.15) is 0 Å². The van der Waals surface area contributed by atoms with Gasteiger partial charge in [0.1, 0.15) is 0 Å². The number of amides is 1. The summed E-state index contributed by atoms with van der Waals surface area (Å²) in [4.78, 5) is 17.9. The molecule has 1 fully saturated rings. The third kappa shape index (κ3) is 4.28. The molecule has 0 aliphatic carbocycles. The number of rotatable bonds is 1. The molecule has 1 aromatic rings. The number of aromatic nitrogens is 1. The Hall–Kier alpha value is -0.550. The van der Waals surface area contributed by atoms with Crippen LogP contribution in [0.1, 0.15) is 16.8 Å². The number of carbonyl (C=O) groups is 1. The van der Waals surface area contributed by atoms with Crippen molar-refractivity contribution in [1.82, 2.24) is 15.2 Å². The number of hydrogen-bond donors (Lipinski definition) is 1. The van der Waals surface area contributed by atoms with E-state index in [2.05, 4.69) is 10.3 Å². The highest BCUT2D eigenvalue weighted by molar-refractivity contribution is 6.33. The van der Waals surface area contributed by atoms with Gasteiger partial charge in [0.2, 0.25) is 0 Å². The van der Waals surface area contributed by atoms with Crippen molar-refractivity contribution >= 4 is 42.3 Å². The van der Waals surface area contributed by atoms with Crippen molar-refractivity contribution in [3.8, 4) is 0 Å². The summed E-state index contributed by atoms with van der Waals surface area (Å²) in [7, 11) is 0. The molecule has 0 spiro atoms. The molecule has 1 aliphatic heterocycles. The van der Waals surface area contributed by atoms with Crippen LogP contribution in [0.3, 0.4) is 0 Å². The fourth-order valence-corrected chi connectivity index (χ4v) is 1.97. The van der Waals surface area contributed by atoms with E-state index in [1.54, 1.807) is 12.3 Å². The Bertz CT molecular complexity index is 382. The van der Waals surface area contributed by atoms with Gasteiger partial charge >= 0.3 is 0 Å². The van der Waals surface area contributed by atoms with Gasteiger partial charge in [-0.05, 0) is 19.0 Å². The van der Waals surface area contributed by atoms with Crippen LogP contribution in [0.25, 0.3) is 0 Å². The minimum Gasteiger partial charge on any atom is -0.337 e. The van der Waals surface area contributed by atoms with Crippen molar-refractivity contribution in [3.63, 3.8) is 0 Å². The van der Waals surface area contributed by atoms with E-state index in [0.717, 1.165) is 32.6 Å². The van der Waals surface area contributed by atoms with E-state index in [4.69, 9.17) is 11.6 Å². The second-order valence-electron chi connectivity index (χ2n) is 3.75. The van der Waals surface area contributed by atoms with Crippen molar-refractivity contribution in [2.45, 2.75) is 6.42 Å². The first-order chi connectivity index (χ1) is 7.79. The van der Waals surface area contributed by atoms with Crippen LogP contribution in [0.15, 0.2) is 18.5 Å². The predicted molar refractivity (Wildman–Crippen MR) is 77.1 cm³/mol. The molecule has 0 aromatic carbocycles. The summed E-state index contributed by atoms with van der Waals surface area (Å²) in [5, 5.41) is 3.68. The van der Waals surface area contributed by atoms with E-state index >= 15 is 0 Å². The number of nitrogens with zero attached hydrogens (tertiary/aromatic N) is 2. The van der Waals surface area contributed by atoms with Gasteiger partial charge in [0.25, 0.3) is 5.91 Å². The smallest absolute Gasteiger partial charge is 0.255 e. The van der Waals surface area contributed by atoms with Crippen LogP contribution in [0.5, 0.6) is 0 Å². The minimum absolute atomic E-state index is 0. The number of pyridine rings is 1. The normalized spacial score (nSPS) is 15.1. The number of halogens is 3. The maximum atomic E-state index is 12.2. The third-order valence-electron chi connectivity index (χ3n) is 2.63. The monoisotopic (exact) mass is 311 g/mol. The molecular formula is C11H16Cl3N3O. The molecule has 7 heteroatoms. The maximum absolute atomic E-state index is 12.2. The number of carbonyl (C=O) groups excluding carboxylic acids is 1. The van der Waals surface area contributed by atoms with Gasteiger partial charge in [-0.3, -0.25) is 9.78 Å². The molecule has 0 bridgehead atoms. The predicted octanol–water partition coefficient (Wildman–Crippen LogP) is 2.01. The summed E-state index contributed by atoms with van der Waals surface area (Å²) in [6, 6.07) is 1.67. The van der Waals surface area contributed by atoms with Gasteiger partial charge in [-0.15, -0.1) is 24.8 Å². The standard InChI is InChI=1S/C11H14ClN3O.2ClH/c12-10-8-14-4-2-9(10)11(16)15-6-1-3-13-5-7-15;;/h2,4,8,13H,1,3,5-7H2;2*1H. The Balaban J connectivity index is 0.00000144. The van der Waals surface area contributed by atoms with Gasteiger partial charge in [0.05, 0.1) is 10.6 Å². The molecular weight excluding hydrogens is 297 g/mol. The lowest BCUT2D eigenvalue weighted by molar-refractivity contribution is 0.0766. The SMILES string of the molecule is Cl.Cl.O=C(c1ccncc1Cl)N1CCCNCC1. The summed E-state index contributed by atoms with van der Waals surface area (Å²) in [5.74, 6) is -0.00361. The molecule has 1 amide bonds. The summed E-state index contributed by atoms with van der Waals surface area (Å²) in [6.45, 7) is 3.32. The zero-order valence-corrected chi connectivity index (χ0v) is 12.2.